The van der Waals surface area contributed by atoms with Crippen molar-refractivity contribution in [3.63, 3.8) is 0 Å². The first kappa shape index (κ1) is 8.93. The van der Waals surface area contributed by atoms with Gasteiger partial charge in [-0.05, 0) is 0 Å². The Kier molecular flexibility index (Phi) is 2.60. The molecule has 12 heavy (non-hydrogen) atoms. The van der Waals surface area contributed by atoms with Crippen molar-refractivity contribution in [2.24, 2.45) is 10.9 Å². The lowest BCUT2D eigenvalue weighted by molar-refractivity contribution is -0.141. The van der Waals surface area contributed by atoms with E-state index in [1.54, 1.807) is 0 Å². The predicted octanol–water partition coefficient (Wildman–Crippen LogP) is 0.509. The van der Waals surface area contributed by atoms with Gasteiger partial charge in [-0.3, -0.25) is 9.59 Å². The summed E-state index contributed by atoms with van der Waals surface area (Å²) in [4.78, 5) is 25.0. The summed E-state index contributed by atoms with van der Waals surface area (Å²) in [5.74, 6) is -1.71. The van der Waals surface area contributed by atoms with Crippen LogP contribution < -0.4 is 0 Å². The molecule has 0 saturated heterocycles. The van der Waals surface area contributed by atoms with Crippen molar-refractivity contribution in [1.82, 2.24) is 0 Å². The van der Waals surface area contributed by atoms with Crippen LogP contribution in [0.5, 0.6) is 0 Å². The number of ether oxygens (including phenoxy) is 1. The summed E-state index contributed by atoms with van der Waals surface area (Å²) in [7, 11) is 1.25. The van der Waals surface area contributed by atoms with Crippen molar-refractivity contribution in [3.8, 4) is 0 Å². The number of carbonyl (C=O) groups is 2. The minimum absolute atomic E-state index is 0.141. The van der Waals surface area contributed by atoms with Crippen molar-refractivity contribution >= 4 is 29.7 Å². The average Bonchev–Trinajstić information content (AvgIpc) is 2.03. The van der Waals surface area contributed by atoms with Crippen molar-refractivity contribution < 1.29 is 14.3 Å². The first-order chi connectivity index (χ1) is 5.65. The molecule has 64 valence electrons. The van der Waals surface area contributed by atoms with Crippen molar-refractivity contribution in [2.75, 3.05) is 7.11 Å². The minimum atomic E-state index is -0.727. The molecule has 5 heteroatoms. The van der Waals surface area contributed by atoms with Gasteiger partial charge in [0.1, 0.15) is 5.92 Å². The first-order valence-corrected chi connectivity index (χ1v) is 3.56. The van der Waals surface area contributed by atoms with E-state index in [1.165, 1.54) is 13.3 Å². The second-order valence-corrected chi connectivity index (χ2v) is 2.58. The van der Waals surface area contributed by atoms with Gasteiger partial charge in [0.25, 0.3) is 5.91 Å². The van der Waals surface area contributed by atoms with E-state index in [4.69, 9.17) is 11.6 Å². The van der Waals surface area contributed by atoms with Gasteiger partial charge in [0.05, 0.1) is 7.11 Å². The SMILES string of the molecule is COC(=O)C1C=NC(=O)C=C1Cl. The topological polar surface area (TPSA) is 55.7 Å². The predicted molar refractivity (Wildman–Crippen MR) is 42.9 cm³/mol. The molecule has 1 atom stereocenters. The number of dihydropyridines is 1. The highest BCUT2D eigenvalue weighted by Crippen LogP contribution is 2.18. The highest BCUT2D eigenvalue weighted by molar-refractivity contribution is 6.35. The minimum Gasteiger partial charge on any atom is -0.468 e. The first-order valence-electron chi connectivity index (χ1n) is 3.18. The summed E-state index contributed by atoms with van der Waals surface area (Å²) in [5.41, 5.74) is 0. The van der Waals surface area contributed by atoms with Gasteiger partial charge in [-0.15, -0.1) is 0 Å². The van der Waals surface area contributed by atoms with Gasteiger partial charge in [0.15, 0.2) is 0 Å². The smallest absolute Gasteiger partial charge is 0.319 e. The summed E-state index contributed by atoms with van der Waals surface area (Å²) < 4.78 is 4.43. The molecule has 0 aromatic heterocycles. The lowest BCUT2D eigenvalue weighted by atomic mass is 10.1. The van der Waals surface area contributed by atoms with Crippen LogP contribution in [0.25, 0.3) is 0 Å². The van der Waals surface area contributed by atoms with Gasteiger partial charge in [-0.25, -0.2) is 4.99 Å². The third kappa shape index (κ3) is 1.71. The molecule has 0 radical (unpaired) electrons. The van der Waals surface area contributed by atoms with E-state index < -0.39 is 17.8 Å². The number of aliphatic imine (C=N–C) groups is 1. The number of esters is 1. The number of nitrogens with zero attached hydrogens (tertiary/aromatic N) is 1. The second-order valence-electron chi connectivity index (χ2n) is 2.15. The molecule has 0 saturated carbocycles. The van der Waals surface area contributed by atoms with Crippen LogP contribution in [0.2, 0.25) is 0 Å². The summed E-state index contributed by atoms with van der Waals surface area (Å²) in [6.45, 7) is 0. The van der Waals surface area contributed by atoms with Crippen LogP contribution in [-0.4, -0.2) is 25.2 Å². The Morgan fingerprint density at radius 2 is 2.42 bits per heavy atom. The summed E-state index contributed by atoms with van der Waals surface area (Å²) in [6.07, 6.45) is 2.28. The Labute approximate surface area is 73.9 Å². The fourth-order valence-electron chi connectivity index (χ4n) is 0.765. The number of halogens is 1. The monoisotopic (exact) mass is 187 g/mol. The molecule has 1 heterocycles. The van der Waals surface area contributed by atoms with Crippen LogP contribution in [-0.2, 0) is 14.3 Å². The van der Waals surface area contributed by atoms with Gasteiger partial charge in [-0.2, -0.15) is 0 Å². The maximum absolute atomic E-state index is 10.9. The summed E-state index contributed by atoms with van der Waals surface area (Å²) >= 11 is 5.60. The highest BCUT2D eigenvalue weighted by Gasteiger charge is 2.24. The molecule has 1 rings (SSSR count). The lowest BCUT2D eigenvalue weighted by Crippen LogP contribution is -2.21. The van der Waals surface area contributed by atoms with Crippen molar-refractivity contribution in [2.45, 2.75) is 0 Å². The van der Waals surface area contributed by atoms with Crippen LogP contribution in [0.4, 0.5) is 0 Å². The molecular weight excluding hydrogens is 182 g/mol. The molecular formula is C7H6ClNO3. The molecule has 0 bridgehead atoms. The molecule has 0 spiro atoms. The van der Waals surface area contributed by atoms with E-state index in [0.29, 0.717) is 0 Å². The molecule has 1 amide bonds. The Morgan fingerprint density at radius 3 is 2.92 bits per heavy atom. The van der Waals surface area contributed by atoms with Crippen molar-refractivity contribution in [1.29, 1.82) is 0 Å². The highest BCUT2D eigenvalue weighted by atomic mass is 35.5. The van der Waals surface area contributed by atoms with E-state index in [2.05, 4.69) is 9.73 Å². The molecule has 1 aliphatic rings. The van der Waals surface area contributed by atoms with Crippen LogP contribution >= 0.6 is 11.6 Å². The van der Waals surface area contributed by atoms with Gasteiger partial charge in [0.2, 0.25) is 0 Å². The molecule has 4 nitrogen and oxygen atoms in total. The summed E-state index contributed by atoms with van der Waals surface area (Å²) in [6, 6.07) is 0. The normalized spacial score (nSPS) is 22.0. The molecule has 1 aliphatic heterocycles. The fraction of sp³-hybridized carbons (Fsp3) is 0.286. The van der Waals surface area contributed by atoms with Gasteiger partial charge in [-0.1, -0.05) is 11.6 Å². The number of methoxy groups -OCH3 is 1. The van der Waals surface area contributed by atoms with E-state index in [-0.39, 0.29) is 5.03 Å². The largest absolute Gasteiger partial charge is 0.468 e. The number of carbonyl (C=O) groups excluding carboxylic acids is 2. The standard InChI is InChI=1S/C7H6ClNO3/c1-12-7(11)4-3-9-6(10)2-5(4)8/h2-4H,1H3. The Morgan fingerprint density at radius 1 is 1.75 bits per heavy atom. The number of rotatable bonds is 1. The van der Waals surface area contributed by atoms with Crippen LogP contribution in [0.15, 0.2) is 16.1 Å². The maximum atomic E-state index is 10.9. The maximum Gasteiger partial charge on any atom is 0.319 e. The summed E-state index contributed by atoms with van der Waals surface area (Å²) in [5, 5.41) is 0.141. The Balaban J connectivity index is 2.82. The molecule has 0 aliphatic carbocycles. The molecule has 0 aromatic carbocycles. The van der Waals surface area contributed by atoms with Crippen LogP contribution in [0.3, 0.4) is 0 Å². The van der Waals surface area contributed by atoms with Crippen LogP contribution in [0.1, 0.15) is 0 Å². The molecule has 1 unspecified atom stereocenters. The third-order valence-corrected chi connectivity index (χ3v) is 1.71. The zero-order chi connectivity index (χ0) is 9.14. The van der Waals surface area contributed by atoms with E-state index >= 15 is 0 Å². The second kappa shape index (κ2) is 3.49. The Hall–Kier alpha value is -1.16. The number of amides is 1. The van der Waals surface area contributed by atoms with E-state index in [9.17, 15) is 9.59 Å². The molecule has 0 fully saturated rings. The zero-order valence-corrected chi connectivity index (χ0v) is 7.04. The van der Waals surface area contributed by atoms with E-state index in [1.807, 2.05) is 0 Å². The quantitative estimate of drug-likeness (QED) is 0.562. The number of hydrogen-bond acceptors (Lipinski definition) is 3. The van der Waals surface area contributed by atoms with Gasteiger partial charge >= 0.3 is 5.97 Å². The van der Waals surface area contributed by atoms with Crippen molar-refractivity contribution in [3.05, 3.63) is 11.1 Å². The number of hydrogen-bond donors (Lipinski definition) is 0. The van der Waals surface area contributed by atoms with E-state index in [0.717, 1.165) is 6.08 Å². The Bertz CT molecular complexity index is 282. The molecule has 0 aromatic rings. The zero-order valence-electron chi connectivity index (χ0n) is 6.28. The fourth-order valence-corrected chi connectivity index (χ4v) is 1.00. The average molecular weight is 188 g/mol. The van der Waals surface area contributed by atoms with Gasteiger partial charge < -0.3 is 4.74 Å². The lowest BCUT2D eigenvalue weighted by Gasteiger charge is -2.10. The third-order valence-electron chi connectivity index (χ3n) is 1.36. The van der Waals surface area contributed by atoms with Gasteiger partial charge in [0, 0.05) is 17.3 Å². The van der Waals surface area contributed by atoms with Crippen LogP contribution in [0, 0.1) is 5.92 Å². The molecule has 0 N–H and O–H groups in total.